The van der Waals surface area contributed by atoms with Crippen LogP contribution in [0, 0.1) is 10.1 Å². The van der Waals surface area contributed by atoms with Crippen molar-refractivity contribution in [2.24, 2.45) is 0 Å². The van der Waals surface area contributed by atoms with Crippen LogP contribution < -0.4 is 9.90 Å². The normalized spacial score (nSPS) is 10.0. The molecule has 1 amide bonds. The van der Waals surface area contributed by atoms with Crippen LogP contribution in [0.3, 0.4) is 0 Å². The number of hydrogen-bond acceptors (Lipinski definition) is 4. The quantitative estimate of drug-likeness (QED) is 0.622. The average Bonchev–Trinajstić information content (AvgIpc) is 2.46. The minimum atomic E-state index is -0.566. The lowest BCUT2D eigenvalue weighted by Crippen LogP contribution is -2.32. The largest absolute Gasteiger partial charge is 0.365 e. The number of hydroxylamine groups is 1. The molecule has 0 spiro atoms. The Bertz CT molecular complexity index is 676. The first-order valence-electron chi connectivity index (χ1n) is 5.96. The Morgan fingerprint density at radius 2 is 1.90 bits per heavy atom. The van der Waals surface area contributed by atoms with Gasteiger partial charge in [-0.15, -0.1) is 5.06 Å². The van der Waals surface area contributed by atoms with Crippen LogP contribution in [0.15, 0.2) is 53.0 Å². The fourth-order valence-electron chi connectivity index (χ4n) is 1.67. The smallest absolute Gasteiger partial charge is 0.315 e. The maximum absolute atomic E-state index is 11.7. The van der Waals surface area contributed by atoms with Gasteiger partial charge in [0.05, 0.1) is 10.6 Å². The summed E-state index contributed by atoms with van der Waals surface area (Å²) in [5.41, 5.74) is 0.258. The van der Waals surface area contributed by atoms with Gasteiger partial charge in [0.15, 0.2) is 0 Å². The van der Waals surface area contributed by atoms with Gasteiger partial charge in [-0.2, -0.15) is 0 Å². The fraction of sp³-hybridized carbons (Fsp3) is 0.0714. The van der Waals surface area contributed by atoms with Crippen molar-refractivity contribution in [2.45, 2.75) is 6.92 Å². The third kappa shape index (κ3) is 3.57. The van der Waals surface area contributed by atoms with Gasteiger partial charge >= 0.3 is 5.69 Å². The lowest BCUT2D eigenvalue weighted by atomic mass is 10.3. The summed E-state index contributed by atoms with van der Waals surface area (Å²) in [7, 11) is 0. The zero-order chi connectivity index (χ0) is 15.4. The van der Waals surface area contributed by atoms with Crippen LogP contribution in [0.5, 0.6) is 5.75 Å². The molecule has 7 heteroatoms. The van der Waals surface area contributed by atoms with Crippen LogP contribution in [0.25, 0.3) is 0 Å². The van der Waals surface area contributed by atoms with E-state index >= 15 is 0 Å². The number of amides is 1. The Morgan fingerprint density at radius 1 is 1.24 bits per heavy atom. The van der Waals surface area contributed by atoms with Gasteiger partial charge in [0, 0.05) is 17.5 Å². The number of para-hydroxylation sites is 1. The third-order valence-electron chi connectivity index (χ3n) is 2.58. The predicted molar refractivity (Wildman–Crippen MR) is 81.0 cm³/mol. The van der Waals surface area contributed by atoms with E-state index in [-0.39, 0.29) is 11.4 Å². The lowest BCUT2D eigenvalue weighted by Gasteiger charge is -2.20. The maximum Gasteiger partial charge on any atom is 0.315 e. The van der Waals surface area contributed by atoms with Crippen molar-refractivity contribution >= 4 is 33.2 Å². The van der Waals surface area contributed by atoms with Crippen molar-refractivity contribution in [2.75, 3.05) is 5.06 Å². The molecule has 0 atom stereocenters. The molecule has 0 heterocycles. The number of hydrogen-bond donors (Lipinski definition) is 0. The number of carbonyl (C=O) groups excluding carboxylic acids is 1. The number of benzene rings is 2. The summed E-state index contributed by atoms with van der Waals surface area (Å²) in [6.07, 6.45) is 0. The molecule has 0 saturated heterocycles. The SMILES string of the molecule is CC(=O)N(Oc1ccc(Br)cc1[N+](=O)[O-])c1ccccc1. The first-order valence-corrected chi connectivity index (χ1v) is 6.76. The number of carbonyl (C=O) groups is 1. The number of nitro benzene ring substituents is 1. The minimum absolute atomic E-state index is 0.0118. The molecule has 108 valence electrons. The maximum atomic E-state index is 11.7. The molecular weight excluding hydrogens is 340 g/mol. The molecule has 21 heavy (non-hydrogen) atoms. The molecule has 6 nitrogen and oxygen atoms in total. The highest BCUT2D eigenvalue weighted by Gasteiger charge is 2.21. The van der Waals surface area contributed by atoms with Crippen molar-refractivity contribution < 1.29 is 14.6 Å². The van der Waals surface area contributed by atoms with Crippen LogP contribution in [-0.4, -0.2) is 10.8 Å². The highest BCUT2D eigenvalue weighted by atomic mass is 79.9. The topological polar surface area (TPSA) is 72.7 Å². The number of rotatable bonds is 4. The second kappa shape index (κ2) is 6.36. The molecule has 0 aliphatic heterocycles. The van der Waals surface area contributed by atoms with Gasteiger partial charge in [-0.3, -0.25) is 14.9 Å². The summed E-state index contributed by atoms with van der Waals surface area (Å²) in [5.74, 6) is -0.402. The zero-order valence-corrected chi connectivity index (χ0v) is 12.6. The number of nitro groups is 1. The fourth-order valence-corrected chi connectivity index (χ4v) is 2.02. The van der Waals surface area contributed by atoms with Gasteiger partial charge in [0.1, 0.15) is 0 Å². The summed E-state index contributed by atoms with van der Waals surface area (Å²) in [6.45, 7) is 1.32. The van der Waals surface area contributed by atoms with E-state index in [0.717, 1.165) is 5.06 Å². The molecule has 0 aliphatic carbocycles. The lowest BCUT2D eigenvalue weighted by molar-refractivity contribution is -0.386. The van der Waals surface area contributed by atoms with E-state index in [4.69, 9.17) is 4.84 Å². The van der Waals surface area contributed by atoms with E-state index in [1.165, 1.54) is 19.1 Å². The zero-order valence-electron chi connectivity index (χ0n) is 11.0. The first-order chi connectivity index (χ1) is 9.99. The summed E-state index contributed by atoms with van der Waals surface area (Å²) in [6, 6.07) is 13.0. The van der Waals surface area contributed by atoms with Crippen LogP contribution in [0.4, 0.5) is 11.4 Å². The van der Waals surface area contributed by atoms with Crippen LogP contribution in [0.1, 0.15) is 6.92 Å². The molecule has 2 aromatic rings. The summed E-state index contributed by atoms with van der Waals surface area (Å²) in [4.78, 5) is 27.6. The Kier molecular flexibility index (Phi) is 4.54. The molecule has 0 bridgehead atoms. The van der Waals surface area contributed by atoms with Gasteiger partial charge in [0.25, 0.3) is 5.91 Å². The summed E-state index contributed by atoms with van der Waals surface area (Å²) >= 11 is 3.16. The Hall–Kier alpha value is -2.41. The van der Waals surface area contributed by atoms with Gasteiger partial charge in [-0.1, -0.05) is 34.1 Å². The third-order valence-corrected chi connectivity index (χ3v) is 3.08. The Morgan fingerprint density at radius 3 is 2.48 bits per heavy atom. The van der Waals surface area contributed by atoms with Gasteiger partial charge in [0.2, 0.25) is 5.75 Å². The minimum Gasteiger partial charge on any atom is -0.365 e. The average molecular weight is 351 g/mol. The van der Waals surface area contributed by atoms with Crippen LogP contribution in [-0.2, 0) is 4.79 Å². The van der Waals surface area contributed by atoms with Crippen molar-refractivity contribution in [3.63, 3.8) is 0 Å². The summed E-state index contributed by atoms with van der Waals surface area (Å²) in [5, 5.41) is 12.1. The van der Waals surface area contributed by atoms with Crippen molar-refractivity contribution in [1.29, 1.82) is 0 Å². The molecule has 0 radical (unpaired) electrons. The second-order valence-corrected chi connectivity index (χ2v) is 5.03. The van der Waals surface area contributed by atoms with Crippen molar-refractivity contribution in [3.8, 4) is 5.75 Å². The van der Waals surface area contributed by atoms with E-state index in [1.54, 1.807) is 36.4 Å². The van der Waals surface area contributed by atoms with Crippen LogP contribution >= 0.6 is 15.9 Å². The van der Waals surface area contributed by atoms with E-state index in [2.05, 4.69) is 15.9 Å². The van der Waals surface area contributed by atoms with Gasteiger partial charge in [-0.25, -0.2) is 0 Å². The second-order valence-electron chi connectivity index (χ2n) is 4.11. The van der Waals surface area contributed by atoms with Gasteiger partial charge in [-0.05, 0) is 24.3 Å². The number of nitrogens with zero attached hydrogens (tertiary/aromatic N) is 2. The standard InChI is InChI=1S/C14H11BrN2O4/c1-10(18)16(12-5-3-2-4-6-12)21-14-8-7-11(15)9-13(14)17(19)20/h2-9H,1H3. The molecule has 0 saturated carbocycles. The molecule has 0 fully saturated rings. The van der Waals surface area contributed by atoms with Crippen molar-refractivity contribution in [3.05, 3.63) is 63.1 Å². The Labute approximate surface area is 129 Å². The van der Waals surface area contributed by atoms with Crippen LogP contribution in [0.2, 0.25) is 0 Å². The molecular formula is C14H11BrN2O4. The van der Waals surface area contributed by atoms with Crippen molar-refractivity contribution in [1.82, 2.24) is 0 Å². The highest BCUT2D eigenvalue weighted by molar-refractivity contribution is 9.10. The van der Waals surface area contributed by atoms with Gasteiger partial charge < -0.3 is 4.84 Å². The summed E-state index contributed by atoms with van der Waals surface area (Å²) < 4.78 is 0.552. The molecule has 0 unspecified atom stereocenters. The molecule has 2 rings (SSSR count). The highest BCUT2D eigenvalue weighted by Crippen LogP contribution is 2.31. The van der Waals surface area contributed by atoms with E-state index in [0.29, 0.717) is 10.2 Å². The van der Waals surface area contributed by atoms with E-state index in [9.17, 15) is 14.9 Å². The van der Waals surface area contributed by atoms with E-state index in [1.807, 2.05) is 0 Å². The first kappa shape index (κ1) is 15.0. The Balaban J connectivity index is 2.39. The molecule has 2 aromatic carbocycles. The number of anilines is 1. The number of halogens is 1. The predicted octanol–water partition coefficient (Wildman–Crippen LogP) is 3.70. The molecule has 0 aromatic heterocycles. The van der Waals surface area contributed by atoms with E-state index < -0.39 is 10.8 Å². The molecule has 0 N–H and O–H groups in total. The molecule has 0 aliphatic rings. The monoisotopic (exact) mass is 350 g/mol.